The van der Waals surface area contributed by atoms with Gasteiger partial charge in [0.25, 0.3) is 11.7 Å². The van der Waals surface area contributed by atoms with Crippen molar-refractivity contribution < 1.29 is 81.9 Å². The summed E-state index contributed by atoms with van der Waals surface area (Å²) >= 11 is 0. The number of phenols is 3. The number of allylic oxidation sites excluding steroid dienone is 2. The number of benzene rings is 3. The molecule has 1 unspecified atom stereocenters. The average molecular weight is 1200 g/mol. The lowest BCUT2D eigenvalue weighted by Gasteiger charge is -2.38. The monoisotopic (exact) mass is 1200 g/mol. The number of aliphatic hydroxyl groups is 2. The van der Waals surface area contributed by atoms with Crippen molar-refractivity contribution in [3.8, 4) is 28.7 Å². The van der Waals surface area contributed by atoms with Gasteiger partial charge in [0.15, 0.2) is 23.0 Å². The van der Waals surface area contributed by atoms with Gasteiger partial charge in [-0.05, 0) is 44.5 Å². The highest BCUT2D eigenvalue weighted by molar-refractivity contribution is 6.24. The number of anilines is 2. The van der Waals surface area contributed by atoms with Crippen molar-refractivity contribution in [1.29, 1.82) is 0 Å². The molecule has 2 fully saturated rings. The van der Waals surface area contributed by atoms with Crippen LogP contribution in [0, 0.1) is 48.0 Å². The molecule has 5 aliphatic rings. The normalized spacial score (nSPS) is 27.5. The number of aromatic nitrogens is 2. The van der Waals surface area contributed by atoms with Crippen molar-refractivity contribution in [2.75, 3.05) is 56.6 Å². The second-order valence-corrected chi connectivity index (χ2v) is 22.5. The Morgan fingerprint density at radius 1 is 0.895 bits per heavy atom. The Bertz CT molecular complexity index is 3750. The van der Waals surface area contributed by atoms with Crippen LogP contribution in [-0.4, -0.2) is 163 Å². The zero-order chi connectivity index (χ0) is 62.5. The van der Waals surface area contributed by atoms with Crippen molar-refractivity contribution in [1.82, 2.24) is 19.5 Å². The zero-order valence-corrected chi connectivity index (χ0v) is 48.7. The largest absolute Gasteiger partial charge is 0.507 e. The Morgan fingerprint density at radius 3 is 2.27 bits per heavy atom. The fourth-order valence-electron chi connectivity index (χ4n) is 11.9. The highest BCUT2D eigenvalue weighted by Crippen LogP contribution is 2.55. The number of methoxy groups -OCH3 is 1. The summed E-state index contributed by atoms with van der Waals surface area (Å²) < 4.78 is 69.9. The van der Waals surface area contributed by atoms with E-state index in [1.165, 1.54) is 59.2 Å². The molecule has 10 atom stereocenters. The number of phenolic OH excluding ortho intramolecular Hbond substituents is 3. The van der Waals surface area contributed by atoms with Crippen molar-refractivity contribution in [3.05, 3.63) is 117 Å². The maximum absolute atomic E-state index is 16.0. The molecule has 5 aliphatic heterocycles. The van der Waals surface area contributed by atoms with Crippen LogP contribution in [0.5, 0.6) is 23.0 Å². The number of aliphatic hydroxyl groups excluding tert-OH is 2. The smallest absolute Gasteiger partial charge is 0.341 e. The lowest BCUT2D eigenvalue weighted by atomic mass is 9.78. The van der Waals surface area contributed by atoms with Gasteiger partial charge < -0.3 is 59.8 Å². The number of hydrogen-bond donors (Lipinski definition) is 7. The molecule has 0 spiro atoms. The number of aromatic carboxylic acids is 1. The molecule has 5 aromatic rings. The summed E-state index contributed by atoms with van der Waals surface area (Å²) in [6.45, 7) is 14.2. The molecular weight excluding hydrogens is 1130 g/mol. The number of esters is 1. The van der Waals surface area contributed by atoms with Gasteiger partial charge in [0.1, 0.15) is 40.6 Å². The van der Waals surface area contributed by atoms with Crippen LogP contribution in [0.1, 0.15) is 86.7 Å². The third-order valence-corrected chi connectivity index (χ3v) is 17.0. The molecule has 2 saturated heterocycles. The van der Waals surface area contributed by atoms with E-state index in [0.717, 1.165) is 35.2 Å². The number of pyridine rings is 2. The van der Waals surface area contributed by atoms with Crippen LogP contribution in [0.25, 0.3) is 27.5 Å². The first-order chi connectivity index (χ1) is 40.7. The number of piperazine rings is 1. The zero-order valence-electron chi connectivity index (χ0n) is 48.7. The molecule has 3 aromatic carbocycles. The summed E-state index contributed by atoms with van der Waals surface area (Å²) in [5.41, 5.74) is -3.26. The minimum Gasteiger partial charge on any atom is -0.507 e. The maximum atomic E-state index is 16.0. The number of fused-ring (bicyclic) bond motifs is 15. The summed E-state index contributed by atoms with van der Waals surface area (Å²) in [6, 6.07) is 3.27. The van der Waals surface area contributed by atoms with Crippen LogP contribution in [-0.2, 0) is 23.8 Å². The van der Waals surface area contributed by atoms with Crippen LogP contribution >= 0.6 is 0 Å². The van der Waals surface area contributed by atoms with Crippen LogP contribution in [0.3, 0.4) is 0 Å². The third kappa shape index (κ3) is 11.5. The van der Waals surface area contributed by atoms with Crippen molar-refractivity contribution >= 4 is 63.2 Å². The summed E-state index contributed by atoms with van der Waals surface area (Å²) in [5, 5.41) is 77.2. The molecule has 7 heterocycles. The highest BCUT2D eigenvalue weighted by Gasteiger charge is 2.50. The number of rotatable bonds is 8. The van der Waals surface area contributed by atoms with Gasteiger partial charge in [-0.3, -0.25) is 33.7 Å². The predicted octanol–water partition coefficient (Wildman–Crippen LogP) is 6.80. The number of ether oxygens (including phenoxy) is 4. The number of nitrogens with zero attached hydrogens (tertiary/aromatic N) is 6. The Morgan fingerprint density at radius 2 is 1.60 bits per heavy atom. The van der Waals surface area contributed by atoms with Gasteiger partial charge >= 0.3 is 17.7 Å². The van der Waals surface area contributed by atoms with Gasteiger partial charge in [-0.15, -0.1) is 0 Å². The van der Waals surface area contributed by atoms with Gasteiger partial charge in [-0.1, -0.05) is 45.9 Å². The van der Waals surface area contributed by atoms with Crippen LogP contribution in [0.2, 0.25) is 0 Å². The molecule has 0 saturated carbocycles. The lowest BCUT2D eigenvalue weighted by Crippen LogP contribution is -2.49. The van der Waals surface area contributed by atoms with Crippen LogP contribution < -0.4 is 20.4 Å². The number of carboxylic acid groups (broad SMARTS) is 1. The number of hydrazone groups is 1. The quantitative estimate of drug-likeness (QED) is 0.0364. The van der Waals surface area contributed by atoms with E-state index in [1.807, 2.05) is 0 Å². The van der Waals surface area contributed by atoms with E-state index < -0.39 is 134 Å². The lowest BCUT2D eigenvalue weighted by molar-refractivity contribution is -0.160. The summed E-state index contributed by atoms with van der Waals surface area (Å²) in [5.74, 6) is -14.1. The van der Waals surface area contributed by atoms with E-state index >= 15 is 8.78 Å². The number of ketones is 1. The van der Waals surface area contributed by atoms with E-state index in [2.05, 4.69) is 20.3 Å². The van der Waals surface area contributed by atoms with E-state index in [9.17, 15) is 59.0 Å². The van der Waals surface area contributed by atoms with E-state index in [1.54, 1.807) is 43.7 Å². The SMILES string of the molecule is CO[C@H]1/C=C/O[C@@]2(C)Oc3c(C)c(O)c4c(O)c(c(/C=N/N5CCN(C6CCN(c7nc8c(cc7F)c(=O)c(C(=O)O)cn8-c7ccc(F)cc7F)C6)CC5)c(O)c4c3C2=O)NC(=O)/C(C)=C\C=C\[C@H](C)[C@H](O)[C@@H](C)[C@@H](O)[C@@H](C)[C@H](OC(C)=O)[C@@H]1C. The Labute approximate surface area is 491 Å². The molecule has 0 aliphatic carbocycles. The maximum Gasteiger partial charge on any atom is 0.341 e. The number of aromatic hydroxyl groups is 3. The van der Waals surface area contributed by atoms with Crippen molar-refractivity contribution in [2.24, 2.45) is 28.8 Å². The fraction of sp³-hybridized carbons (Fsp3) is 0.426. The minimum atomic E-state index is -2.15. The molecule has 0 radical (unpaired) electrons. The first-order valence-corrected chi connectivity index (χ1v) is 28.0. The fourth-order valence-corrected chi connectivity index (χ4v) is 11.9. The van der Waals surface area contributed by atoms with Crippen LogP contribution in [0.4, 0.5) is 24.7 Å². The number of carbonyl (C=O) groups excluding carboxylic acids is 3. The van der Waals surface area contributed by atoms with E-state index in [0.29, 0.717) is 32.1 Å². The summed E-state index contributed by atoms with van der Waals surface area (Å²) in [4.78, 5) is 74.9. The second kappa shape index (κ2) is 24.5. The number of carboxylic acids is 1. The van der Waals surface area contributed by atoms with E-state index in [-0.39, 0.29) is 81.9 Å². The molecule has 10 rings (SSSR count). The predicted molar refractivity (Wildman–Crippen MR) is 309 cm³/mol. The molecule has 458 valence electrons. The van der Waals surface area contributed by atoms with Crippen molar-refractivity contribution in [3.63, 3.8) is 0 Å². The number of hydrogen-bond acceptors (Lipinski definition) is 19. The number of carbonyl (C=O) groups is 4. The van der Waals surface area contributed by atoms with Gasteiger partial charge in [0.2, 0.25) is 5.43 Å². The van der Waals surface area contributed by atoms with Gasteiger partial charge in [0, 0.05) is 119 Å². The molecule has 2 aromatic heterocycles. The standard InChI is InChI=1S/C61H68F3N7O15/c1-28-11-10-12-29(2)59(80)66-47-38(25-65-70-20-18-68(19-21-70)36-15-17-69(26-36)58-41(64)24-37-51(76)39(60(81)82)27-71(57(37)67-58)42-14-13-35(62)23-40(42)63)52(77)44-45(53(47)78)50(75)33(6)55-46(44)56(79)61(8,86-55)84-22-16-43(83-9)30(3)54(85-34(7)72)32(5)49(74)31(4)48(28)73/h10-14,16,22-25,27-28,30-32,36,43,48-49,54,73-75,77-78H,15,17-21,26H2,1-9H3,(H,66,80)(H,81,82)/b11-10+,22-16+,29-12-,65-25+/t28-,30+,31+,32+,36?,43-,48-,49+,54+,61-/m0/s1. The molecule has 86 heavy (non-hydrogen) atoms. The summed E-state index contributed by atoms with van der Waals surface area (Å²) in [7, 11) is 1.40. The number of nitrogens with one attached hydrogen (secondary N) is 1. The number of halogens is 3. The topological polar surface area (TPSA) is 296 Å². The molecular formula is C61H68F3N7O15. The van der Waals surface area contributed by atoms with Gasteiger partial charge in [-0.25, -0.2) is 22.9 Å². The third-order valence-electron chi connectivity index (χ3n) is 17.0. The first-order valence-electron chi connectivity index (χ1n) is 28.0. The second-order valence-electron chi connectivity index (χ2n) is 22.5. The van der Waals surface area contributed by atoms with Gasteiger partial charge in [-0.2, -0.15) is 5.10 Å². The minimum absolute atomic E-state index is 0.0227. The molecule has 5 bridgehead atoms. The molecule has 25 heteroatoms. The number of Topliss-reactive ketones (excluding diaryl/α,β-unsaturated/α-hetero) is 1. The molecule has 1 amide bonds. The molecule has 22 nitrogen and oxygen atoms in total. The Hall–Kier alpha value is -8.52. The Balaban J connectivity index is 1.02. The average Bonchev–Trinajstić information content (AvgIpc) is 1.44. The Kier molecular flexibility index (Phi) is 17.6. The highest BCUT2D eigenvalue weighted by atomic mass is 19.1. The van der Waals surface area contributed by atoms with Crippen LogP contribution in [0.15, 0.2) is 76.5 Å². The van der Waals surface area contributed by atoms with Gasteiger partial charge in [0.05, 0.1) is 64.1 Å². The first kappa shape index (κ1) is 62.0. The number of amides is 1. The van der Waals surface area contributed by atoms with E-state index in [4.69, 9.17) is 18.9 Å². The molecule has 7 N–H and O–H groups in total. The van der Waals surface area contributed by atoms with Crippen molar-refractivity contribution in [2.45, 2.75) is 98.1 Å². The summed E-state index contributed by atoms with van der Waals surface area (Å²) in [6.07, 6.45) is 5.66.